The molecule has 3 N–H and O–H groups in total. The van der Waals surface area contributed by atoms with Gasteiger partial charge in [0.25, 0.3) is 11.8 Å². The second-order valence-electron chi connectivity index (χ2n) is 7.12. The van der Waals surface area contributed by atoms with E-state index < -0.39 is 0 Å². The lowest BCUT2D eigenvalue weighted by Crippen LogP contribution is -2.30. The second-order valence-corrected chi connectivity index (χ2v) is 8.03. The molecule has 2 amide bonds. The molecular weight excluding hydrogens is 432 g/mol. The van der Waals surface area contributed by atoms with E-state index in [0.717, 1.165) is 53.0 Å². The van der Waals surface area contributed by atoms with Gasteiger partial charge in [0.15, 0.2) is 0 Å². The molecule has 0 saturated heterocycles. The molecule has 0 spiro atoms. The Labute approximate surface area is 179 Å². The summed E-state index contributed by atoms with van der Waals surface area (Å²) >= 11 is 3.45. The highest BCUT2D eigenvalue weighted by Crippen LogP contribution is 2.35. The van der Waals surface area contributed by atoms with E-state index in [1.165, 1.54) is 0 Å². The van der Waals surface area contributed by atoms with Crippen LogP contribution in [0.2, 0.25) is 0 Å². The van der Waals surface area contributed by atoms with Gasteiger partial charge in [0.2, 0.25) is 0 Å². The maximum atomic E-state index is 12.5. The van der Waals surface area contributed by atoms with Crippen LogP contribution in [0.1, 0.15) is 47.6 Å². The lowest BCUT2D eigenvalue weighted by atomic mass is 10.1. The van der Waals surface area contributed by atoms with Crippen LogP contribution < -0.4 is 10.6 Å². The molecule has 6 nitrogen and oxygen atoms in total. The predicted molar refractivity (Wildman–Crippen MR) is 121 cm³/mol. The van der Waals surface area contributed by atoms with Crippen molar-refractivity contribution in [2.24, 2.45) is 0 Å². The van der Waals surface area contributed by atoms with Crippen molar-refractivity contribution in [3.63, 3.8) is 0 Å². The molecule has 0 bridgehead atoms. The number of benzene rings is 1. The van der Waals surface area contributed by atoms with Crippen molar-refractivity contribution in [3.8, 4) is 0 Å². The van der Waals surface area contributed by atoms with Crippen LogP contribution in [0.4, 0.5) is 5.69 Å². The molecule has 0 unspecified atom stereocenters. The minimum absolute atomic E-state index is 0.128. The number of amides is 2. The fourth-order valence-electron chi connectivity index (χ4n) is 3.43. The highest BCUT2D eigenvalue weighted by atomic mass is 79.9. The number of aryl methyl sites for hydroxylation is 1. The fourth-order valence-corrected chi connectivity index (χ4v) is 3.79. The fraction of sp³-hybridized carbons (Fsp3) is 0.364. The van der Waals surface area contributed by atoms with Crippen molar-refractivity contribution in [2.75, 3.05) is 31.5 Å². The number of aromatic nitrogens is 1. The number of halogens is 1. The molecule has 0 saturated carbocycles. The molecule has 154 valence electrons. The number of aromatic amines is 1. The number of nitrogens with zero attached hydrogens (tertiary/aromatic N) is 1. The smallest absolute Gasteiger partial charge is 0.267 e. The largest absolute Gasteiger partial charge is 0.351 e. The van der Waals surface area contributed by atoms with Crippen molar-refractivity contribution in [2.45, 2.75) is 27.2 Å². The van der Waals surface area contributed by atoms with Crippen LogP contribution in [-0.2, 0) is 4.79 Å². The molecule has 1 aromatic carbocycles. The first-order valence-electron chi connectivity index (χ1n) is 9.96. The Morgan fingerprint density at radius 2 is 2.00 bits per heavy atom. The molecule has 0 radical (unpaired) electrons. The van der Waals surface area contributed by atoms with Crippen LogP contribution in [-0.4, -0.2) is 47.9 Å². The minimum Gasteiger partial charge on any atom is -0.351 e. The molecular formula is C22H27BrN4O2. The number of anilines is 1. The van der Waals surface area contributed by atoms with Crippen LogP contribution in [0.15, 0.2) is 28.7 Å². The molecule has 0 atom stereocenters. The zero-order chi connectivity index (χ0) is 21.0. The number of carbonyl (C=O) groups excluding carboxylic acids is 2. The molecule has 1 aromatic heterocycles. The molecule has 1 aliphatic heterocycles. The topological polar surface area (TPSA) is 77.2 Å². The summed E-state index contributed by atoms with van der Waals surface area (Å²) in [6.45, 7) is 9.85. The maximum Gasteiger partial charge on any atom is 0.267 e. The molecule has 7 heteroatoms. The Morgan fingerprint density at radius 1 is 1.24 bits per heavy atom. The monoisotopic (exact) mass is 458 g/mol. The highest BCUT2D eigenvalue weighted by Gasteiger charge is 2.24. The van der Waals surface area contributed by atoms with Gasteiger partial charge in [0, 0.05) is 28.0 Å². The van der Waals surface area contributed by atoms with Gasteiger partial charge in [-0.3, -0.25) is 9.59 Å². The molecule has 0 aliphatic carbocycles. The van der Waals surface area contributed by atoms with E-state index >= 15 is 0 Å². The first-order chi connectivity index (χ1) is 13.9. The van der Waals surface area contributed by atoms with Crippen molar-refractivity contribution in [3.05, 3.63) is 51.3 Å². The number of carbonyl (C=O) groups is 2. The lowest BCUT2D eigenvalue weighted by molar-refractivity contribution is -0.110. The summed E-state index contributed by atoms with van der Waals surface area (Å²) in [5.41, 5.74) is 4.40. The average Bonchev–Trinajstić information content (AvgIpc) is 3.22. The first kappa shape index (κ1) is 21.3. The maximum absolute atomic E-state index is 12.5. The van der Waals surface area contributed by atoms with Gasteiger partial charge >= 0.3 is 0 Å². The zero-order valence-electron chi connectivity index (χ0n) is 17.1. The van der Waals surface area contributed by atoms with Gasteiger partial charge in [-0.25, -0.2) is 0 Å². The van der Waals surface area contributed by atoms with E-state index in [9.17, 15) is 9.59 Å². The summed E-state index contributed by atoms with van der Waals surface area (Å²) in [6, 6.07) is 7.50. The third kappa shape index (κ3) is 4.97. The highest BCUT2D eigenvalue weighted by molar-refractivity contribution is 9.10. The van der Waals surface area contributed by atoms with Gasteiger partial charge in [0.05, 0.1) is 5.57 Å². The number of H-pyrrole nitrogens is 1. The molecule has 3 rings (SSSR count). The Morgan fingerprint density at radius 3 is 2.72 bits per heavy atom. The number of nitrogens with one attached hydrogen (secondary N) is 3. The van der Waals surface area contributed by atoms with Gasteiger partial charge in [-0.05, 0) is 68.9 Å². The summed E-state index contributed by atoms with van der Waals surface area (Å²) in [6.07, 6.45) is 2.72. The van der Waals surface area contributed by atoms with Gasteiger partial charge in [0.1, 0.15) is 5.69 Å². The predicted octanol–water partition coefficient (Wildman–Crippen LogP) is 4.04. The zero-order valence-corrected chi connectivity index (χ0v) is 18.6. The van der Waals surface area contributed by atoms with Crippen LogP contribution in [0.5, 0.6) is 0 Å². The molecule has 2 heterocycles. The van der Waals surface area contributed by atoms with Crippen molar-refractivity contribution >= 4 is 45.1 Å². The van der Waals surface area contributed by atoms with Crippen molar-refractivity contribution in [1.29, 1.82) is 0 Å². The third-order valence-electron chi connectivity index (χ3n) is 5.18. The third-order valence-corrected chi connectivity index (χ3v) is 5.68. The number of hydrogen-bond acceptors (Lipinski definition) is 3. The Balaban J connectivity index is 1.69. The van der Waals surface area contributed by atoms with Crippen molar-refractivity contribution < 1.29 is 9.59 Å². The Bertz CT molecular complexity index is 944. The Kier molecular flexibility index (Phi) is 6.92. The standard InChI is InChI=1S/C22H27BrN4O2/c1-4-27(5-2)10-6-9-24-22(29)20-11-14(3)19(25-20)13-17-16-12-15(23)7-8-18(16)26-21(17)28/h7-8,11-13,25H,4-6,9-10H2,1-3H3,(H,24,29)(H,26,28)/b17-13-. The molecule has 29 heavy (non-hydrogen) atoms. The van der Waals surface area contributed by atoms with E-state index in [-0.39, 0.29) is 11.8 Å². The van der Waals surface area contributed by atoms with Gasteiger partial charge in [-0.2, -0.15) is 0 Å². The summed E-state index contributed by atoms with van der Waals surface area (Å²) in [4.78, 5) is 30.3. The van der Waals surface area contributed by atoms with E-state index in [2.05, 4.69) is 50.3 Å². The normalized spacial score (nSPS) is 14.4. The second kappa shape index (κ2) is 9.41. The number of rotatable bonds is 8. The van der Waals surface area contributed by atoms with E-state index in [4.69, 9.17) is 0 Å². The van der Waals surface area contributed by atoms with Crippen LogP contribution >= 0.6 is 15.9 Å². The average molecular weight is 459 g/mol. The van der Waals surface area contributed by atoms with Crippen LogP contribution in [0, 0.1) is 6.92 Å². The molecule has 0 fully saturated rings. The van der Waals surface area contributed by atoms with E-state index in [1.54, 1.807) is 6.08 Å². The van der Waals surface area contributed by atoms with Crippen LogP contribution in [0.25, 0.3) is 11.6 Å². The van der Waals surface area contributed by atoms with Crippen LogP contribution in [0.3, 0.4) is 0 Å². The summed E-state index contributed by atoms with van der Waals surface area (Å²) in [5, 5.41) is 5.84. The van der Waals surface area contributed by atoms with Crippen molar-refractivity contribution in [1.82, 2.24) is 15.2 Å². The lowest BCUT2D eigenvalue weighted by Gasteiger charge is -2.17. The Hall–Kier alpha value is -2.38. The van der Waals surface area contributed by atoms with Gasteiger partial charge < -0.3 is 20.5 Å². The summed E-state index contributed by atoms with van der Waals surface area (Å²) in [7, 11) is 0. The quantitative estimate of drug-likeness (QED) is 0.412. The molecule has 2 aromatic rings. The first-order valence-corrected chi connectivity index (χ1v) is 10.7. The summed E-state index contributed by atoms with van der Waals surface area (Å²) < 4.78 is 0.909. The van der Waals surface area contributed by atoms with Gasteiger partial charge in [-0.15, -0.1) is 0 Å². The molecule has 1 aliphatic rings. The summed E-state index contributed by atoms with van der Waals surface area (Å²) in [5.74, 6) is -0.272. The van der Waals surface area contributed by atoms with Gasteiger partial charge in [-0.1, -0.05) is 29.8 Å². The number of fused-ring (bicyclic) bond motifs is 1. The number of hydrogen-bond donors (Lipinski definition) is 3. The van der Waals surface area contributed by atoms with E-state index in [1.807, 2.05) is 31.2 Å². The minimum atomic E-state index is -0.144. The SMILES string of the molecule is CCN(CC)CCCNC(=O)c1cc(C)c(/C=C2\C(=O)Nc3ccc(Br)cc32)[nH]1. The van der Waals surface area contributed by atoms with E-state index in [0.29, 0.717) is 17.8 Å².